The Morgan fingerprint density at radius 2 is 1.53 bits per heavy atom. The summed E-state index contributed by atoms with van der Waals surface area (Å²) in [6.45, 7) is 1.70. The van der Waals surface area contributed by atoms with Crippen LogP contribution < -0.4 is 10.3 Å². The Bertz CT molecular complexity index is 463. The van der Waals surface area contributed by atoms with E-state index in [1.807, 2.05) is 24.3 Å². The van der Waals surface area contributed by atoms with Crippen molar-refractivity contribution in [3.8, 4) is 11.1 Å². The van der Waals surface area contributed by atoms with Crippen molar-refractivity contribution in [3.63, 3.8) is 0 Å². The van der Waals surface area contributed by atoms with Gasteiger partial charge in [-0.05, 0) is 29.8 Å². The molecule has 17 heavy (non-hydrogen) atoms. The second-order valence-electron chi connectivity index (χ2n) is 3.97. The number of aromatic nitrogens is 1. The summed E-state index contributed by atoms with van der Waals surface area (Å²) in [5.74, 6) is 0. The quantitative estimate of drug-likeness (QED) is 0.828. The molecule has 2 nitrogen and oxygen atoms in total. The summed E-state index contributed by atoms with van der Waals surface area (Å²) in [6.07, 6.45) is 5.17. The minimum atomic E-state index is 0.728. The maximum absolute atomic E-state index is 5.87. The smallest absolute Gasteiger partial charge is 0.169 e. The third kappa shape index (κ3) is 3.29. The number of hydrogen-bond donors (Lipinski definition) is 1. The highest BCUT2D eigenvalue weighted by Crippen LogP contribution is 2.19. The molecule has 0 unspecified atom stereocenters. The van der Waals surface area contributed by atoms with Gasteiger partial charge in [0.05, 0.1) is 0 Å². The lowest BCUT2D eigenvalue weighted by Crippen LogP contribution is -2.33. The van der Waals surface area contributed by atoms with Crippen LogP contribution in [0.2, 0.25) is 5.02 Å². The van der Waals surface area contributed by atoms with E-state index in [9.17, 15) is 0 Å². The van der Waals surface area contributed by atoms with Crippen molar-refractivity contribution in [1.29, 1.82) is 0 Å². The van der Waals surface area contributed by atoms with Gasteiger partial charge in [-0.2, -0.15) is 0 Å². The van der Waals surface area contributed by atoms with Crippen molar-refractivity contribution in [2.75, 3.05) is 6.54 Å². The fourth-order valence-corrected chi connectivity index (χ4v) is 1.84. The Balaban J connectivity index is 2.14. The molecule has 1 heterocycles. The first-order valence-corrected chi connectivity index (χ1v) is 6.12. The van der Waals surface area contributed by atoms with Gasteiger partial charge in [-0.15, -0.1) is 0 Å². The van der Waals surface area contributed by atoms with Gasteiger partial charge < -0.3 is 5.73 Å². The molecule has 0 bridgehead atoms. The summed E-state index contributed by atoms with van der Waals surface area (Å²) < 4.78 is 2.15. The van der Waals surface area contributed by atoms with Crippen LogP contribution in [-0.2, 0) is 6.54 Å². The normalized spacial score (nSPS) is 10.5. The minimum Gasteiger partial charge on any atom is -0.330 e. The second kappa shape index (κ2) is 5.80. The molecule has 0 aliphatic carbocycles. The minimum absolute atomic E-state index is 0.728. The van der Waals surface area contributed by atoms with Gasteiger partial charge in [0.1, 0.15) is 6.54 Å². The zero-order chi connectivity index (χ0) is 12.1. The highest BCUT2D eigenvalue weighted by atomic mass is 35.5. The van der Waals surface area contributed by atoms with Crippen LogP contribution >= 0.6 is 11.6 Å². The molecule has 0 atom stereocenters. The number of rotatable bonds is 4. The monoisotopic (exact) mass is 247 g/mol. The first-order chi connectivity index (χ1) is 8.29. The van der Waals surface area contributed by atoms with Crippen molar-refractivity contribution in [1.82, 2.24) is 0 Å². The second-order valence-corrected chi connectivity index (χ2v) is 4.41. The summed E-state index contributed by atoms with van der Waals surface area (Å²) in [5, 5.41) is 0.766. The predicted molar refractivity (Wildman–Crippen MR) is 70.8 cm³/mol. The van der Waals surface area contributed by atoms with Crippen molar-refractivity contribution in [3.05, 3.63) is 53.8 Å². The Labute approximate surface area is 107 Å². The average molecular weight is 248 g/mol. The SMILES string of the molecule is NCCC[n+]1ccc(-c2ccc(Cl)cc2)cc1. The third-order valence-electron chi connectivity index (χ3n) is 2.69. The molecule has 0 fully saturated rings. The molecule has 2 N–H and O–H groups in total. The lowest BCUT2D eigenvalue weighted by atomic mass is 10.1. The van der Waals surface area contributed by atoms with Crippen molar-refractivity contribution in [2.24, 2.45) is 5.73 Å². The number of hydrogen-bond acceptors (Lipinski definition) is 1. The van der Waals surface area contributed by atoms with Gasteiger partial charge in [0.2, 0.25) is 0 Å². The van der Waals surface area contributed by atoms with Gasteiger partial charge in [0.25, 0.3) is 0 Å². The molecule has 88 valence electrons. The number of halogens is 1. The van der Waals surface area contributed by atoms with Crippen molar-refractivity contribution in [2.45, 2.75) is 13.0 Å². The lowest BCUT2D eigenvalue weighted by molar-refractivity contribution is -0.697. The van der Waals surface area contributed by atoms with E-state index in [4.69, 9.17) is 17.3 Å². The third-order valence-corrected chi connectivity index (χ3v) is 2.94. The molecule has 2 rings (SSSR count). The summed E-state index contributed by atoms with van der Waals surface area (Å²) in [6, 6.07) is 12.1. The van der Waals surface area contributed by atoms with Gasteiger partial charge in [0.15, 0.2) is 12.4 Å². The molecule has 0 aliphatic heterocycles. The van der Waals surface area contributed by atoms with Crippen molar-refractivity contribution < 1.29 is 4.57 Å². The molecule has 0 radical (unpaired) electrons. The molecule has 0 aliphatic rings. The van der Waals surface area contributed by atoms with Gasteiger partial charge in [-0.25, -0.2) is 4.57 Å². The number of nitrogens with two attached hydrogens (primary N) is 1. The van der Waals surface area contributed by atoms with E-state index in [0.29, 0.717) is 0 Å². The Morgan fingerprint density at radius 3 is 2.12 bits per heavy atom. The Morgan fingerprint density at radius 1 is 0.941 bits per heavy atom. The number of nitrogens with zero attached hydrogens (tertiary/aromatic N) is 1. The van der Waals surface area contributed by atoms with E-state index >= 15 is 0 Å². The molecule has 0 saturated heterocycles. The van der Waals surface area contributed by atoms with E-state index in [1.165, 1.54) is 11.1 Å². The lowest BCUT2D eigenvalue weighted by Gasteiger charge is -2.01. The van der Waals surface area contributed by atoms with Crippen LogP contribution in [0.25, 0.3) is 11.1 Å². The predicted octanol–water partition coefficient (Wildman–Crippen LogP) is 2.64. The molecule has 2 aromatic rings. The van der Waals surface area contributed by atoms with E-state index < -0.39 is 0 Å². The maximum Gasteiger partial charge on any atom is 0.169 e. The van der Waals surface area contributed by atoms with E-state index in [1.54, 1.807) is 0 Å². The largest absolute Gasteiger partial charge is 0.330 e. The van der Waals surface area contributed by atoms with Crippen LogP contribution in [0.1, 0.15) is 6.42 Å². The van der Waals surface area contributed by atoms with Gasteiger partial charge in [0, 0.05) is 23.6 Å². The highest BCUT2D eigenvalue weighted by Gasteiger charge is 2.02. The first-order valence-electron chi connectivity index (χ1n) is 5.75. The fraction of sp³-hybridized carbons (Fsp3) is 0.214. The van der Waals surface area contributed by atoms with Crippen molar-refractivity contribution >= 4 is 11.6 Å². The molecular weight excluding hydrogens is 232 g/mol. The van der Waals surface area contributed by atoms with Crippen LogP contribution in [0.3, 0.4) is 0 Å². The van der Waals surface area contributed by atoms with E-state index in [0.717, 1.165) is 24.5 Å². The first kappa shape index (κ1) is 12.1. The highest BCUT2D eigenvalue weighted by molar-refractivity contribution is 6.30. The van der Waals surface area contributed by atoms with Crippen LogP contribution in [0, 0.1) is 0 Å². The zero-order valence-electron chi connectivity index (χ0n) is 9.64. The van der Waals surface area contributed by atoms with Gasteiger partial charge in [-0.1, -0.05) is 23.7 Å². The topological polar surface area (TPSA) is 29.9 Å². The molecule has 0 saturated carbocycles. The summed E-state index contributed by atoms with van der Waals surface area (Å²) in [4.78, 5) is 0. The van der Waals surface area contributed by atoms with E-state index in [2.05, 4.69) is 29.1 Å². The molecule has 0 spiro atoms. The number of pyridine rings is 1. The molecule has 0 amide bonds. The Kier molecular flexibility index (Phi) is 4.13. The fourth-order valence-electron chi connectivity index (χ4n) is 1.72. The zero-order valence-corrected chi connectivity index (χ0v) is 10.4. The van der Waals surface area contributed by atoms with Crippen LogP contribution in [0.5, 0.6) is 0 Å². The van der Waals surface area contributed by atoms with Crippen LogP contribution in [-0.4, -0.2) is 6.54 Å². The standard InChI is InChI=1S/C14H16ClN2/c15-14-4-2-12(3-5-14)13-6-10-17(11-7-13)9-1-8-16/h2-7,10-11H,1,8-9,16H2/q+1. The molecule has 3 heteroatoms. The van der Waals surface area contributed by atoms with E-state index in [-0.39, 0.29) is 0 Å². The number of benzene rings is 1. The molecule has 1 aromatic heterocycles. The summed E-state index contributed by atoms with van der Waals surface area (Å²) in [5.41, 5.74) is 7.87. The van der Waals surface area contributed by atoms with Crippen LogP contribution in [0.15, 0.2) is 48.8 Å². The molecule has 1 aromatic carbocycles. The molecular formula is C14H16ClN2+. The van der Waals surface area contributed by atoms with Crippen LogP contribution in [0.4, 0.5) is 0 Å². The summed E-state index contributed by atoms with van der Waals surface area (Å²) in [7, 11) is 0. The van der Waals surface area contributed by atoms with Gasteiger partial charge in [-0.3, -0.25) is 0 Å². The number of aryl methyl sites for hydroxylation is 1. The van der Waals surface area contributed by atoms with Gasteiger partial charge >= 0.3 is 0 Å². The summed E-state index contributed by atoms with van der Waals surface area (Å²) >= 11 is 5.87. The maximum atomic E-state index is 5.87. The average Bonchev–Trinajstić information content (AvgIpc) is 2.38. The Hall–Kier alpha value is -1.38.